The van der Waals surface area contributed by atoms with Crippen molar-refractivity contribution in [2.24, 2.45) is 5.41 Å². The lowest BCUT2D eigenvalue weighted by Crippen LogP contribution is -2.61. The summed E-state index contributed by atoms with van der Waals surface area (Å²) in [5.41, 5.74) is -0.505. The number of ether oxygens (including phenoxy) is 1. The number of carbonyl (C=O) groups excluding carboxylic acids is 4. The lowest BCUT2D eigenvalue weighted by atomic mass is 9.85. The molecule has 46 heavy (non-hydrogen) atoms. The topological polar surface area (TPSA) is 143 Å². The van der Waals surface area contributed by atoms with Gasteiger partial charge in [0, 0.05) is 24.2 Å². The number of halogens is 1. The summed E-state index contributed by atoms with van der Waals surface area (Å²) in [6.07, 6.45) is 2.06. The Hall–Kier alpha value is -3.77. The highest BCUT2D eigenvalue weighted by Gasteiger charge is 2.46. The number of rotatable bonds is 10. The number of thiazole rings is 1. The molecule has 1 aliphatic rings. The van der Waals surface area contributed by atoms with Gasteiger partial charge in [0.25, 0.3) is 0 Å². The fraction of sp³-hybridized carbons (Fsp3) is 0.515. The average molecular weight is 671 g/mol. The molecular formula is C33H43ClN6O5S. The Kier molecular flexibility index (Phi) is 10.9. The van der Waals surface area contributed by atoms with E-state index in [0.29, 0.717) is 28.8 Å². The smallest absolute Gasteiger partial charge is 0.315 e. The molecule has 1 fully saturated rings. The van der Waals surface area contributed by atoms with E-state index in [0.717, 1.165) is 10.2 Å². The number of carbonyl (C=O) groups is 4. The van der Waals surface area contributed by atoms with Gasteiger partial charge in [-0.1, -0.05) is 57.8 Å². The van der Waals surface area contributed by atoms with E-state index < -0.39 is 53.0 Å². The first-order chi connectivity index (χ1) is 21.6. The summed E-state index contributed by atoms with van der Waals surface area (Å²) in [5.74, 6) is -0.897. The molecule has 0 aliphatic carbocycles. The number of aromatic nitrogens is 2. The monoisotopic (exact) mass is 670 g/mol. The molecule has 4 amide bonds. The number of fused-ring (bicyclic) bond motifs is 1. The van der Waals surface area contributed by atoms with Gasteiger partial charge in [-0.2, -0.15) is 0 Å². The Morgan fingerprint density at radius 1 is 1.07 bits per heavy atom. The van der Waals surface area contributed by atoms with E-state index in [4.69, 9.17) is 16.3 Å². The standard InChI is InChI=1S/C33H43ClN6O5S/c1-8-11-22(26(41)29-37-21-12-9-10-13-24(21)46-29)36-28(42)23-16-20(45-25-15-14-19(34)17-35-25)18-40(23)30(43)27(32(2,3)4)38-31(44)39-33(5,6)7/h9-10,12-15,17,20,22-23,27H,8,11,16,18H2,1-7H3,(H,36,42)(H2,38,39,44). The predicted octanol–water partition coefficient (Wildman–Crippen LogP) is 5.37. The Bertz CT molecular complexity index is 1530. The Morgan fingerprint density at radius 3 is 2.39 bits per heavy atom. The first-order valence-electron chi connectivity index (χ1n) is 15.4. The van der Waals surface area contributed by atoms with Crippen LogP contribution in [0.25, 0.3) is 10.2 Å². The number of Topliss-reactive ketones (excluding diaryl/α,β-unsaturated/α-hetero) is 1. The van der Waals surface area contributed by atoms with Crippen molar-refractivity contribution < 1.29 is 23.9 Å². The van der Waals surface area contributed by atoms with Crippen molar-refractivity contribution in [3.8, 4) is 5.88 Å². The molecule has 1 aromatic carbocycles. The van der Waals surface area contributed by atoms with Crippen molar-refractivity contribution in [3.63, 3.8) is 0 Å². The van der Waals surface area contributed by atoms with Gasteiger partial charge in [-0.05, 0) is 50.8 Å². The minimum absolute atomic E-state index is 0.0701. The summed E-state index contributed by atoms with van der Waals surface area (Å²) in [7, 11) is 0. The SMILES string of the molecule is CCCC(NC(=O)C1CC(Oc2ccc(Cl)cn2)CN1C(=O)C(NC(=O)NC(C)(C)C)C(C)(C)C)C(=O)c1nc2ccccc2s1. The third-order valence-electron chi connectivity index (χ3n) is 7.43. The normalized spacial score (nSPS) is 18.1. The van der Waals surface area contributed by atoms with Crippen molar-refractivity contribution in [1.29, 1.82) is 0 Å². The molecule has 0 spiro atoms. The van der Waals surface area contributed by atoms with Gasteiger partial charge in [0.15, 0.2) is 5.01 Å². The highest BCUT2D eigenvalue weighted by Crippen LogP contribution is 2.29. The number of nitrogens with zero attached hydrogens (tertiary/aromatic N) is 3. The maximum atomic E-state index is 14.3. The molecule has 248 valence electrons. The third-order valence-corrected chi connectivity index (χ3v) is 8.70. The van der Waals surface area contributed by atoms with Gasteiger partial charge in [-0.15, -0.1) is 11.3 Å². The van der Waals surface area contributed by atoms with Crippen LogP contribution in [0.4, 0.5) is 4.79 Å². The zero-order valence-corrected chi connectivity index (χ0v) is 28.9. The number of para-hydroxylation sites is 1. The predicted molar refractivity (Wildman–Crippen MR) is 179 cm³/mol. The second-order valence-corrected chi connectivity index (χ2v) is 15.1. The quantitative estimate of drug-likeness (QED) is 0.246. The lowest BCUT2D eigenvalue weighted by Gasteiger charge is -2.36. The highest BCUT2D eigenvalue weighted by atomic mass is 35.5. The lowest BCUT2D eigenvalue weighted by molar-refractivity contribution is -0.142. The fourth-order valence-corrected chi connectivity index (χ4v) is 6.32. The van der Waals surface area contributed by atoms with Gasteiger partial charge >= 0.3 is 6.03 Å². The summed E-state index contributed by atoms with van der Waals surface area (Å²) in [6, 6.07) is 7.48. The van der Waals surface area contributed by atoms with Gasteiger partial charge in [0.2, 0.25) is 23.5 Å². The van der Waals surface area contributed by atoms with Crippen LogP contribution in [0.15, 0.2) is 42.6 Å². The van der Waals surface area contributed by atoms with E-state index in [2.05, 4.69) is 25.9 Å². The van der Waals surface area contributed by atoms with Crippen LogP contribution in [0.1, 0.15) is 77.5 Å². The van der Waals surface area contributed by atoms with E-state index in [1.165, 1.54) is 22.4 Å². The molecule has 0 radical (unpaired) electrons. The first kappa shape index (κ1) is 35.1. The summed E-state index contributed by atoms with van der Waals surface area (Å²) < 4.78 is 6.97. The molecule has 0 saturated carbocycles. The second-order valence-electron chi connectivity index (χ2n) is 13.6. The Labute approximate surface area is 278 Å². The number of nitrogens with one attached hydrogen (secondary N) is 3. The van der Waals surface area contributed by atoms with Gasteiger partial charge < -0.3 is 25.6 Å². The maximum Gasteiger partial charge on any atom is 0.315 e. The number of hydrogen-bond donors (Lipinski definition) is 3. The van der Waals surface area contributed by atoms with Gasteiger partial charge in [0.05, 0.1) is 27.8 Å². The van der Waals surface area contributed by atoms with E-state index in [1.54, 1.807) is 12.1 Å². The van der Waals surface area contributed by atoms with E-state index in [9.17, 15) is 19.2 Å². The molecule has 3 aromatic rings. The molecule has 3 heterocycles. The molecule has 13 heteroatoms. The molecule has 4 rings (SSSR count). The number of benzene rings is 1. The molecule has 1 aliphatic heterocycles. The Morgan fingerprint density at radius 2 is 1.78 bits per heavy atom. The molecule has 1 saturated heterocycles. The molecule has 0 bridgehead atoms. The molecule has 4 atom stereocenters. The van der Waals surface area contributed by atoms with Crippen LogP contribution in [-0.2, 0) is 9.59 Å². The van der Waals surface area contributed by atoms with E-state index in [-0.39, 0.29) is 18.7 Å². The van der Waals surface area contributed by atoms with Crippen molar-refractivity contribution in [2.75, 3.05) is 6.54 Å². The summed E-state index contributed by atoms with van der Waals surface area (Å²) in [4.78, 5) is 65.0. The van der Waals surface area contributed by atoms with E-state index >= 15 is 0 Å². The zero-order valence-electron chi connectivity index (χ0n) is 27.3. The van der Waals surface area contributed by atoms with Crippen molar-refractivity contribution in [3.05, 3.63) is 52.6 Å². The zero-order chi connectivity index (χ0) is 33.8. The van der Waals surface area contributed by atoms with Gasteiger partial charge in [-0.3, -0.25) is 14.4 Å². The first-order valence-corrected chi connectivity index (χ1v) is 16.6. The molecule has 3 N–H and O–H groups in total. The van der Waals surface area contributed by atoms with Crippen molar-refractivity contribution >= 4 is 56.8 Å². The molecule has 11 nitrogen and oxygen atoms in total. The summed E-state index contributed by atoms with van der Waals surface area (Å²) in [6.45, 7) is 13.1. The minimum Gasteiger partial charge on any atom is -0.472 e. The molecule has 2 aromatic heterocycles. The maximum absolute atomic E-state index is 14.3. The second kappa shape index (κ2) is 14.3. The van der Waals surface area contributed by atoms with Crippen LogP contribution in [0.3, 0.4) is 0 Å². The van der Waals surface area contributed by atoms with Crippen LogP contribution in [0.5, 0.6) is 5.88 Å². The van der Waals surface area contributed by atoms with Gasteiger partial charge in [0.1, 0.15) is 18.2 Å². The molecule has 4 unspecified atom stereocenters. The van der Waals surface area contributed by atoms with Crippen molar-refractivity contribution in [2.45, 2.75) is 97.5 Å². The van der Waals surface area contributed by atoms with E-state index in [1.807, 2.05) is 72.7 Å². The van der Waals surface area contributed by atoms with Crippen LogP contribution in [0, 0.1) is 5.41 Å². The number of urea groups is 1. The fourth-order valence-electron chi connectivity index (χ4n) is 5.25. The van der Waals surface area contributed by atoms with Crippen LogP contribution in [-0.4, -0.2) is 74.8 Å². The largest absolute Gasteiger partial charge is 0.472 e. The Balaban J connectivity index is 1.60. The average Bonchev–Trinajstić information content (AvgIpc) is 3.59. The minimum atomic E-state index is -0.968. The van der Waals surface area contributed by atoms with Crippen molar-refractivity contribution in [1.82, 2.24) is 30.8 Å². The third kappa shape index (κ3) is 8.94. The van der Waals surface area contributed by atoms with Crippen LogP contribution < -0.4 is 20.7 Å². The number of pyridine rings is 1. The number of likely N-dealkylation sites (tertiary alicyclic amines) is 1. The highest BCUT2D eigenvalue weighted by molar-refractivity contribution is 7.20. The van der Waals surface area contributed by atoms with Gasteiger partial charge in [-0.25, -0.2) is 14.8 Å². The summed E-state index contributed by atoms with van der Waals surface area (Å²) >= 11 is 7.27. The summed E-state index contributed by atoms with van der Waals surface area (Å²) in [5, 5.41) is 9.36. The number of hydrogen-bond acceptors (Lipinski definition) is 8. The number of ketones is 1. The number of amides is 4. The van der Waals surface area contributed by atoms with Crippen LogP contribution in [0.2, 0.25) is 5.02 Å². The molecular weight excluding hydrogens is 628 g/mol. The van der Waals surface area contributed by atoms with Crippen LogP contribution >= 0.6 is 22.9 Å².